The molecule has 0 bridgehead atoms. The Morgan fingerprint density at radius 3 is 2.72 bits per heavy atom. The van der Waals surface area contributed by atoms with E-state index in [0.717, 1.165) is 53.6 Å². The van der Waals surface area contributed by atoms with Crippen LogP contribution < -0.4 is 4.90 Å². The number of hydrogen-bond donors (Lipinski definition) is 0. The van der Waals surface area contributed by atoms with E-state index in [1.807, 2.05) is 31.2 Å². The molecule has 0 radical (unpaired) electrons. The van der Waals surface area contributed by atoms with Crippen LogP contribution in [0.1, 0.15) is 24.0 Å². The van der Waals surface area contributed by atoms with Gasteiger partial charge in [0, 0.05) is 35.2 Å². The summed E-state index contributed by atoms with van der Waals surface area (Å²) in [6.45, 7) is 3.48. The molecule has 0 atom stereocenters. The first-order valence-electron chi connectivity index (χ1n) is 8.16. The van der Waals surface area contributed by atoms with Crippen molar-refractivity contribution in [2.45, 2.75) is 26.3 Å². The number of hydrogen-bond acceptors (Lipinski definition) is 5. The Morgan fingerprint density at radius 1 is 1.16 bits per heavy atom. The van der Waals surface area contributed by atoms with Crippen molar-refractivity contribution >= 4 is 29.0 Å². The molecule has 0 saturated heterocycles. The molecular weight excluding hydrogens is 359 g/mol. The predicted octanol–water partition coefficient (Wildman–Crippen LogP) is 4.56. The van der Waals surface area contributed by atoms with Gasteiger partial charge >= 0.3 is 0 Å². The lowest BCUT2D eigenvalue weighted by molar-refractivity contribution is 0.423. The third kappa shape index (κ3) is 3.22. The molecular formula is C18H16Cl2N4O. The predicted molar refractivity (Wildman–Crippen MR) is 98.1 cm³/mol. The zero-order chi connectivity index (χ0) is 17.4. The second-order valence-electron chi connectivity index (χ2n) is 5.93. The molecule has 0 amide bonds. The minimum absolute atomic E-state index is 0.467. The lowest BCUT2D eigenvalue weighted by Crippen LogP contribution is -2.31. The summed E-state index contributed by atoms with van der Waals surface area (Å²) in [5.41, 5.74) is 3.07. The highest BCUT2D eigenvalue weighted by Gasteiger charge is 2.25. The quantitative estimate of drug-likeness (QED) is 0.628. The molecule has 0 unspecified atom stereocenters. The van der Waals surface area contributed by atoms with Crippen LogP contribution in [-0.2, 0) is 19.4 Å². The van der Waals surface area contributed by atoms with Gasteiger partial charge in [-0.05, 0) is 30.7 Å². The number of aryl methyl sites for hydroxylation is 1. The van der Waals surface area contributed by atoms with Crippen LogP contribution in [0, 0.1) is 0 Å². The van der Waals surface area contributed by atoms with E-state index in [4.69, 9.17) is 27.7 Å². The fourth-order valence-corrected chi connectivity index (χ4v) is 3.35. The van der Waals surface area contributed by atoms with Crippen molar-refractivity contribution in [1.82, 2.24) is 15.1 Å². The molecule has 1 aliphatic heterocycles. The second kappa shape index (κ2) is 6.65. The van der Waals surface area contributed by atoms with Crippen molar-refractivity contribution < 1.29 is 4.52 Å². The first-order valence-corrected chi connectivity index (χ1v) is 8.91. The summed E-state index contributed by atoms with van der Waals surface area (Å²) >= 11 is 12.1. The topological polar surface area (TPSA) is 55.1 Å². The van der Waals surface area contributed by atoms with Gasteiger partial charge in [0.15, 0.2) is 5.76 Å². The monoisotopic (exact) mass is 374 g/mol. The molecule has 25 heavy (non-hydrogen) atoms. The number of benzene rings is 1. The molecule has 5 nitrogen and oxygen atoms in total. The van der Waals surface area contributed by atoms with E-state index in [-0.39, 0.29) is 0 Å². The van der Waals surface area contributed by atoms with E-state index in [2.05, 4.69) is 20.0 Å². The standard InChI is InChI=1S/C18H16Cl2N4O/c1-2-16-21-15(20)9-17(22-16)24-8-7-13-14(10-24)23-25-18(13)11-3-5-12(19)6-4-11/h3-6,9H,2,7-8,10H2,1H3. The number of rotatable bonds is 3. The summed E-state index contributed by atoms with van der Waals surface area (Å²) in [5, 5.41) is 5.44. The van der Waals surface area contributed by atoms with Gasteiger partial charge in [0.25, 0.3) is 0 Å². The average Bonchev–Trinajstić information content (AvgIpc) is 3.05. The van der Waals surface area contributed by atoms with Crippen LogP contribution in [0.25, 0.3) is 11.3 Å². The van der Waals surface area contributed by atoms with Crippen molar-refractivity contribution in [2.75, 3.05) is 11.4 Å². The zero-order valence-corrected chi connectivity index (χ0v) is 15.2. The summed E-state index contributed by atoms with van der Waals surface area (Å²) in [7, 11) is 0. The minimum Gasteiger partial charge on any atom is -0.356 e. The highest BCUT2D eigenvalue weighted by Crippen LogP contribution is 2.32. The number of fused-ring (bicyclic) bond motifs is 1. The summed E-state index contributed by atoms with van der Waals surface area (Å²) < 4.78 is 5.62. The molecule has 2 aromatic heterocycles. The number of halogens is 2. The van der Waals surface area contributed by atoms with Crippen molar-refractivity contribution in [3.8, 4) is 11.3 Å². The van der Waals surface area contributed by atoms with E-state index in [1.165, 1.54) is 0 Å². The van der Waals surface area contributed by atoms with Crippen LogP contribution in [0.2, 0.25) is 10.2 Å². The molecule has 128 valence electrons. The fourth-order valence-electron chi connectivity index (χ4n) is 3.03. The maximum absolute atomic E-state index is 6.12. The number of anilines is 1. The van der Waals surface area contributed by atoms with Gasteiger partial charge in [-0.25, -0.2) is 9.97 Å². The Balaban J connectivity index is 1.63. The van der Waals surface area contributed by atoms with Crippen LogP contribution in [0.15, 0.2) is 34.9 Å². The third-order valence-electron chi connectivity index (χ3n) is 4.32. The molecule has 0 saturated carbocycles. The lowest BCUT2D eigenvalue weighted by Gasteiger charge is -2.27. The largest absolute Gasteiger partial charge is 0.356 e. The molecule has 1 aliphatic rings. The van der Waals surface area contributed by atoms with Gasteiger partial charge in [-0.3, -0.25) is 0 Å². The summed E-state index contributed by atoms with van der Waals surface area (Å²) in [4.78, 5) is 11.0. The van der Waals surface area contributed by atoms with Crippen molar-refractivity contribution in [2.24, 2.45) is 0 Å². The third-order valence-corrected chi connectivity index (χ3v) is 4.76. The van der Waals surface area contributed by atoms with Gasteiger partial charge in [-0.1, -0.05) is 35.3 Å². The second-order valence-corrected chi connectivity index (χ2v) is 6.76. The van der Waals surface area contributed by atoms with E-state index in [1.54, 1.807) is 6.07 Å². The summed E-state index contributed by atoms with van der Waals surface area (Å²) in [5.74, 6) is 2.40. The highest BCUT2D eigenvalue weighted by molar-refractivity contribution is 6.30. The Morgan fingerprint density at radius 2 is 1.96 bits per heavy atom. The smallest absolute Gasteiger partial charge is 0.170 e. The van der Waals surface area contributed by atoms with Gasteiger partial charge in [0.1, 0.15) is 22.5 Å². The van der Waals surface area contributed by atoms with Gasteiger partial charge in [0.05, 0.1) is 6.54 Å². The van der Waals surface area contributed by atoms with Crippen molar-refractivity contribution in [3.05, 3.63) is 57.6 Å². The number of nitrogens with zero attached hydrogens (tertiary/aromatic N) is 4. The van der Waals surface area contributed by atoms with Crippen LogP contribution in [0.3, 0.4) is 0 Å². The Labute approximate surface area is 155 Å². The van der Waals surface area contributed by atoms with Crippen molar-refractivity contribution in [3.63, 3.8) is 0 Å². The Kier molecular flexibility index (Phi) is 4.36. The van der Waals surface area contributed by atoms with E-state index >= 15 is 0 Å². The fraction of sp³-hybridized carbons (Fsp3) is 0.278. The molecule has 4 rings (SSSR count). The molecule has 1 aromatic carbocycles. The molecule has 0 aliphatic carbocycles. The van der Waals surface area contributed by atoms with E-state index in [9.17, 15) is 0 Å². The van der Waals surface area contributed by atoms with Crippen LogP contribution in [0.4, 0.5) is 5.82 Å². The zero-order valence-electron chi connectivity index (χ0n) is 13.7. The van der Waals surface area contributed by atoms with E-state index < -0.39 is 0 Å². The Hall–Kier alpha value is -2.11. The first-order chi connectivity index (χ1) is 12.1. The first kappa shape index (κ1) is 16.4. The Bertz CT molecular complexity index is 908. The summed E-state index contributed by atoms with van der Waals surface area (Å²) in [6.07, 6.45) is 1.58. The van der Waals surface area contributed by atoms with Gasteiger partial charge < -0.3 is 9.42 Å². The normalized spacial score (nSPS) is 13.8. The minimum atomic E-state index is 0.467. The molecule has 0 spiro atoms. The summed E-state index contributed by atoms with van der Waals surface area (Å²) in [6, 6.07) is 9.42. The SMILES string of the molecule is CCc1nc(Cl)cc(N2CCc3c(noc3-c3ccc(Cl)cc3)C2)n1. The lowest BCUT2D eigenvalue weighted by atomic mass is 10.0. The van der Waals surface area contributed by atoms with Gasteiger partial charge in [-0.15, -0.1) is 0 Å². The molecule has 3 heterocycles. The van der Waals surface area contributed by atoms with Gasteiger partial charge in [-0.2, -0.15) is 0 Å². The number of aromatic nitrogens is 3. The van der Waals surface area contributed by atoms with Crippen LogP contribution in [-0.4, -0.2) is 21.7 Å². The maximum atomic E-state index is 6.12. The molecule has 0 fully saturated rings. The molecule has 7 heteroatoms. The average molecular weight is 375 g/mol. The molecule has 0 N–H and O–H groups in total. The van der Waals surface area contributed by atoms with Crippen molar-refractivity contribution in [1.29, 1.82) is 0 Å². The van der Waals surface area contributed by atoms with E-state index in [0.29, 0.717) is 16.7 Å². The molecule has 3 aromatic rings. The maximum Gasteiger partial charge on any atom is 0.170 e. The van der Waals surface area contributed by atoms with Gasteiger partial charge in [0.2, 0.25) is 0 Å². The van der Waals surface area contributed by atoms with Crippen LogP contribution >= 0.6 is 23.2 Å². The highest BCUT2D eigenvalue weighted by atomic mass is 35.5. The van der Waals surface area contributed by atoms with Crippen LogP contribution in [0.5, 0.6) is 0 Å².